The second-order valence-corrected chi connectivity index (χ2v) is 15.1. The first kappa shape index (κ1) is 58.9. The van der Waals surface area contributed by atoms with Crippen molar-refractivity contribution < 1.29 is 99.3 Å². The third kappa shape index (κ3) is 40.9. The standard InChI is InChI=1S/C38H76NO20P/c1-39(2,3)35(32-59-60(42,43)44)6-7-36(37(40)33-57-30-28-55-26-24-53-22-20-51-18-16-49-14-12-47-10-8-45-4)38(41)34-58-31-29-56-27-25-54-23-21-52-19-17-50-15-13-48-11-9-46-5/h35-36H,6-34H2,1-5H3,(H-,42,43,44)/p+1. The lowest BCUT2D eigenvalue weighted by atomic mass is 9.91. The molecule has 0 saturated carbocycles. The van der Waals surface area contributed by atoms with Gasteiger partial charge in [0.15, 0.2) is 11.6 Å². The Morgan fingerprint density at radius 1 is 0.433 bits per heavy atom. The Bertz CT molecular complexity index is 966. The van der Waals surface area contributed by atoms with E-state index in [0.29, 0.717) is 132 Å². The Hall–Kier alpha value is -1.15. The van der Waals surface area contributed by atoms with E-state index in [9.17, 15) is 23.9 Å². The number of carbonyl (C=O) groups excluding carboxylic acids is 2. The van der Waals surface area contributed by atoms with Crippen molar-refractivity contribution in [1.29, 1.82) is 0 Å². The van der Waals surface area contributed by atoms with Gasteiger partial charge in [0.25, 0.3) is 0 Å². The van der Waals surface area contributed by atoms with E-state index in [1.165, 1.54) is 0 Å². The van der Waals surface area contributed by atoms with Gasteiger partial charge in [-0.1, -0.05) is 0 Å². The third-order valence-corrected chi connectivity index (χ3v) is 8.65. The Morgan fingerprint density at radius 2 is 0.683 bits per heavy atom. The summed E-state index contributed by atoms with van der Waals surface area (Å²) < 4.78 is 91.6. The number of methoxy groups -OCH3 is 2. The molecular weight excluding hydrogens is 821 g/mol. The molecule has 0 heterocycles. The number of phosphoric ester groups is 1. The van der Waals surface area contributed by atoms with Crippen molar-refractivity contribution in [2.45, 2.75) is 18.9 Å². The van der Waals surface area contributed by atoms with E-state index in [2.05, 4.69) is 0 Å². The molecule has 0 amide bonds. The molecule has 0 aromatic heterocycles. The minimum Gasteiger partial charge on any atom is -0.382 e. The molecule has 22 heteroatoms. The number of ketones is 2. The van der Waals surface area contributed by atoms with Crippen LogP contribution in [0.4, 0.5) is 0 Å². The zero-order valence-corrected chi connectivity index (χ0v) is 37.7. The van der Waals surface area contributed by atoms with Crippen LogP contribution < -0.4 is 0 Å². The first-order valence-electron chi connectivity index (χ1n) is 20.4. The Balaban J connectivity index is 4.36. The topological polar surface area (TPSA) is 230 Å². The van der Waals surface area contributed by atoms with Gasteiger partial charge >= 0.3 is 7.82 Å². The van der Waals surface area contributed by atoms with E-state index >= 15 is 0 Å². The molecule has 1 atom stereocenters. The molecule has 0 bridgehead atoms. The van der Waals surface area contributed by atoms with Gasteiger partial charge in [-0.15, -0.1) is 0 Å². The number of hydrogen-bond acceptors (Lipinski definition) is 18. The van der Waals surface area contributed by atoms with Gasteiger partial charge in [-0.25, -0.2) is 4.57 Å². The maximum absolute atomic E-state index is 13.2. The number of Topliss-reactive ketones (excluding diaryl/α,β-unsaturated/α-hetero) is 2. The predicted octanol–water partition coefficient (Wildman–Crippen LogP) is 0.197. The average Bonchev–Trinajstić information content (AvgIpc) is 3.19. The van der Waals surface area contributed by atoms with Crippen LogP contribution in [-0.4, -0.2) is 246 Å². The van der Waals surface area contributed by atoms with Crippen molar-refractivity contribution in [2.24, 2.45) is 5.92 Å². The van der Waals surface area contributed by atoms with Crippen LogP contribution in [0, 0.1) is 5.92 Å². The van der Waals surface area contributed by atoms with Gasteiger partial charge in [-0.2, -0.15) is 0 Å². The van der Waals surface area contributed by atoms with Gasteiger partial charge in [0.1, 0.15) is 25.9 Å². The van der Waals surface area contributed by atoms with Gasteiger partial charge in [0.05, 0.1) is 186 Å². The number of rotatable bonds is 49. The number of likely N-dealkylation sites (N-methyl/N-ethyl adjacent to an activating group) is 1. The minimum atomic E-state index is -4.72. The number of quaternary nitrogens is 1. The first-order valence-corrected chi connectivity index (χ1v) is 21.9. The van der Waals surface area contributed by atoms with E-state index < -0.39 is 31.3 Å². The van der Waals surface area contributed by atoms with Gasteiger partial charge in [0.2, 0.25) is 0 Å². The summed E-state index contributed by atoms with van der Waals surface area (Å²) in [6.07, 6.45) is 0.380. The monoisotopic (exact) mass is 898 g/mol. The summed E-state index contributed by atoms with van der Waals surface area (Å²) in [6, 6.07) is -0.418. The summed E-state index contributed by atoms with van der Waals surface area (Å²) >= 11 is 0. The fourth-order valence-corrected chi connectivity index (χ4v) is 5.13. The van der Waals surface area contributed by atoms with E-state index in [1.807, 2.05) is 21.1 Å². The van der Waals surface area contributed by atoms with Crippen LogP contribution in [0.3, 0.4) is 0 Å². The summed E-state index contributed by atoms with van der Waals surface area (Å²) in [5, 5.41) is 0. The average molecular weight is 899 g/mol. The highest BCUT2D eigenvalue weighted by molar-refractivity contribution is 7.46. The van der Waals surface area contributed by atoms with Crippen LogP contribution >= 0.6 is 7.82 Å². The number of phosphoric acid groups is 1. The minimum absolute atomic E-state index is 0.110. The number of carbonyl (C=O) groups is 2. The van der Waals surface area contributed by atoms with E-state index in [0.717, 1.165) is 0 Å². The van der Waals surface area contributed by atoms with Crippen LogP contribution in [0.1, 0.15) is 12.8 Å². The molecule has 21 nitrogen and oxygen atoms in total. The summed E-state index contributed by atoms with van der Waals surface area (Å²) in [5.74, 6) is -1.92. The maximum Gasteiger partial charge on any atom is 0.469 e. The van der Waals surface area contributed by atoms with Crippen molar-refractivity contribution in [1.82, 2.24) is 0 Å². The molecule has 2 N–H and O–H groups in total. The highest BCUT2D eigenvalue weighted by atomic mass is 31.2. The Kier molecular flexibility index (Phi) is 41.0. The molecule has 0 spiro atoms. The smallest absolute Gasteiger partial charge is 0.382 e. The van der Waals surface area contributed by atoms with Gasteiger partial charge in [-0.05, 0) is 6.42 Å². The molecule has 0 saturated heterocycles. The normalized spacial score (nSPS) is 12.8. The molecule has 0 fully saturated rings. The molecule has 0 aliphatic heterocycles. The molecule has 0 aromatic carbocycles. The molecular formula is C38H77NO20P+. The molecule has 0 aliphatic carbocycles. The van der Waals surface area contributed by atoms with Crippen LogP contribution in [0.2, 0.25) is 0 Å². The lowest BCUT2D eigenvalue weighted by Crippen LogP contribution is -2.48. The Labute approximate surface area is 356 Å². The van der Waals surface area contributed by atoms with Crippen LogP contribution in [-0.2, 0) is 85.0 Å². The number of ether oxygens (including phenoxy) is 14. The maximum atomic E-state index is 13.2. The predicted molar refractivity (Wildman–Crippen MR) is 216 cm³/mol. The highest BCUT2D eigenvalue weighted by Crippen LogP contribution is 2.36. The van der Waals surface area contributed by atoms with Gasteiger partial charge in [0, 0.05) is 20.6 Å². The van der Waals surface area contributed by atoms with Crippen LogP contribution in [0.15, 0.2) is 0 Å². The molecule has 0 radical (unpaired) electrons. The van der Waals surface area contributed by atoms with Gasteiger partial charge in [-0.3, -0.25) is 14.1 Å². The zero-order valence-electron chi connectivity index (χ0n) is 36.8. The molecule has 0 rings (SSSR count). The fraction of sp³-hybridized carbons (Fsp3) is 0.947. The molecule has 0 aromatic rings. The third-order valence-electron chi connectivity index (χ3n) is 8.17. The van der Waals surface area contributed by atoms with Crippen molar-refractivity contribution in [3.8, 4) is 0 Å². The summed E-state index contributed by atoms with van der Waals surface area (Å²) in [7, 11) is 4.02. The lowest BCUT2D eigenvalue weighted by molar-refractivity contribution is -0.896. The zero-order chi connectivity index (χ0) is 44.4. The summed E-state index contributed by atoms with van der Waals surface area (Å²) in [5.41, 5.74) is 0. The van der Waals surface area contributed by atoms with Crippen LogP contribution in [0.5, 0.6) is 0 Å². The molecule has 0 aliphatic rings. The molecule has 60 heavy (non-hydrogen) atoms. The largest absolute Gasteiger partial charge is 0.469 e. The summed E-state index contributed by atoms with van der Waals surface area (Å²) in [6.45, 7) is 8.74. The Morgan fingerprint density at radius 3 is 0.917 bits per heavy atom. The molecule has 1 unspecified atom stereocenters. The van der Waals surface area contributed by atoms with E-state index in [4.69, 9.17) is 70.8 Å². The SMILES string of the molecule is COCCOCCOCCOCCOCCOCCOCC(=O)C(CCC(COP(=O)(O)O)[N+](C)(C)C)C(=O)COCCOCCOCCOCCOCCOCCOC. The second kappa shape index (κ2) is 41.8. The van der Waals surface area contributed by atoms with Gasteiger partial charge < -0.3 is 80.6 Å². The quantitative estimate of drug-likeness (QED) is 0.0360. The highest BCUT2D eigenvalue weighted by Gasteiger charge is 2.32. The van der Waals surface area contributed by atoms with E-state index in [-0.39, 0.29) is 63.6 Å². The number of nitrogens with zero attached hydrogens (tertiary/aromatic N) is 1. The van der Waals surface area contributed by atoms with Crippen molar-refractivity contribution in [3.05, 3.63) is 0 Å². The van der Waals surface area contributed by atoms with Crippen molar-refractivity contribution >= 4 is 19.4 Å². The van der Waals surface area contributed by atoms with E-state index in [1.54, 1.807) is 14.2 Å². The fourth-order valence-electron chi connectivity index (χ4n) is 4.77. The molecule has 358 valence electrons. The van der Waals surface area contributed by atoms with Crippen molar-refractivity contribution in [3.63, 3.8) is 0 Å². The lowest BCUT2D eigenvalue weighted by Gasteiger charge is -2.34. The van der Waals surface area contributed by atoms with Crippen LogP contribution in [0.25, 0.3) is 0 Å². The first-order chi connectivity index (χ1) is 28.9. The summed E-state index contributed by atoms with van der Waals surface area (Å²) in [4.78, 5) is 44.9. The number of hydrogen-bond donors (Lipinski definition) is 2. The van der Waals surface area contributed by atoms with Crippen molar-refractivity contribution in [2.75, 3.05) is 214 Å². The second-order valence-electron chi connectivity index (χ2n) is 13.8.